The van der Waals surface area contributed by atoms with Crippen molar-refractivity contribution >= 4 is 11.9 Å². The number of aliphatic carboxylic acids is 2. The average molecular weight is 161 g/mol. The van der Waals surface area contributed by atoms with Gasteiger partial charge in [0.15, 0.2) is 0 Å². The van der Waals surface area contributed by atoms with Gasteiger partial charge < -0.3 is 15.9 Å². The van der Waals surface area contributed by atoms with Gasteiger partial charge in [0.1, 0.15) is 5.54 Å². The van der Waals surface area contributed by atoms with Crippen molar-refractivity contribution in [2.75, 3.05) is 0 Å². The van der Waals surface area contributed by atoms with Crippen molar-refractivity contribution in [3.05, 3.63) is 0 Å². The van der Waals surface area contributed by atoms with Crippen LogP contribution in [0.2, 0.25) is 0 Å². The molecule has 0 aromatic rings. The summed E-state index contributed by atoms with van der Waals surface area (Å²) < 4.78 is 0. The minimum Gasteiger partial charge on any atom is -0.481 e. The largest absolute Gasteiger partial charge is 0.481 e. The van der Waals surface area contributed by atoms with Crippen LogP contribution in [0.25, 0.3) is 0 Å². The van der Waals surface area contributed by atoms with E-state index in [4.69, 9.17) is 15.9 Å². The van der Waals surface area contributed by atoms with Crippen molar-refractivity contribution in [1.29, 1.82) is 0 Å². The molecule has 5 heteroatoms. The van der Waals surface area contributed by atoms with E-state index in [-0.39, 0.29) is 0 Å². The van der Waals surface area contributed by atoms with Crippen molar-refractivity contribution in [3.8, 4) is 0 Å². The monoisotopic (exact) mass is 161 g/mol. The first-order chi connectivity index (χ1) is 4.80. The van der Waals surface area contributed by atoms with Gasteiger partial charge in [0, 0.05) is 0 Å². The fourth-order valence-corrected chi connectivity index (χ4v) is 0.442. The van der Waals surface area contributed by atoms with Crippen LogP contribution in [0.5, 0.6) is 0 Å². The maximum Gasteiger partial charge on any atom is 0.324 e. The number of hydrogen-bond acceptors (Lipinski definition) is 3. The van der Waals surface area contributed by atoms with E-state index in [1.54, 1.807) is 0 Å². The van der Waals surface area contributed by atoms with Gasteiger partial charge >= 0.3 is 11.9 Å². The Kier molecular flexibility index (Phi) is 2.59. The first-order valence-electron chi connectivity index (χ1n) is 3.05. The van der Waals surface area contributed by atoms with Crippen LogP contribution < -0.4 is 5.73 Å². The molecular weight excluding hydrogens is 150 g/mol. The molecule has 0 saturated carbocycles. The lowest BCUT2D eigenvalue weighted by molar-refractivity contribution is -0.153. The summed E-state index contributed by atoms with van der Waals surface area (Å²) >= 11 is 0. The second-order valence-electron chi connectivity index (χ2n) is 2.65. The maximum atomic E-state index is 10.4. The van der Waals surface area contributed by atoms with Crippen molar-refractivity contribution in [1.82, 2.24) is 0 Å². The topological polar surface area (TPSA) is 101 Å². The lowest BCUT2D eigenvalue weighted by atomic mass is 9.88. The average Bonchev–Trinajstić information content (AvgIpc) is 1.85. The summed E-state index contributed by atoms with van der Waals surface area (Å²) in [6.45, 7) is 2.44. The molecule has 0 aliphatic carbocycles. The predicted molar refractivity (Wildman–Crippen MR) is 37.0 cm³/mol. The van der Waals surface area contributed by atoms with Crippen LogP contribution in [0.4, 0.5) is 0 Å². The van der Waals surface area contributed by atoms with E-state index < -0.39 is 23.4 Å². The molecule has 0 heterocycles. The summed E-state index contributed by atoms with van der Waals surface area (Å²) in [7, 11) is 0. The Morgan fingerprint density at radius 1 is 1.45 bits per heavy atom. The number of carbonyl (C=O) groups is 2. The molecule has 11 heavy (non-hydrogen) atoms. The zero-order chi connectivity index (χ0) is 9.23. The lowest BCUT2D eigenvalue weighted by Gasteiger charge is -2.22. The van der Waals surface area contributed by atoms with Crippen LogP contribution in [0.3, 0.4) is 0 Å². The van der Waals surface area contributed by atoms with Crippen LogP contribution in [-0.2, 0) is 9.59 Å². The van der Waals surface area contributed by atoms with Gasteiger partial charge in [-0.25, -0.2) is 0 Å². The number of hydrogen-bond donors (Lipinski definition) is 3. The van der Waals surface area contributed by atoms with E-state index in [1.807, 2.05) is 0 Å². The van der Waals surface area contributed by atoms with E-state index in [0.717, 1.165) is 0 Å². The van der Waals surface area contributed by atoms with E-state index in [0.29, 0.717) is 0 Å². The van der Waals surface area contributed by atoms with Gasteiger partial charge in [-0.3, -0.25) is 9.59 Å². The summed E-state index contributed by atoms with van der Waals surface area (Å²) in [5.74, 6) is -3.62. The Morgan fingerprint density at radius 2 is 1.82 bits per heavy atom. The highest BCUT2D eigenvalue weighted by Crippen LogP contribution is 2.13. The Hall–Kier alpha value is -1.10. The normalized spacial score (nSPS) is 18.5. The standard InChI is InChI=1S/C6H11NO4/c1-3(4(8)9)6(2,7)5(10)11/h3H,7H2,1-2H3,(H,8,9)(H,10,11)/t3-,6-/m0/s1. The predicted octanol–water partition coefficient (Wildman–Crippen LogP) is -0.491. The van der Waals surface area contributed by atoms with Crippen molar-refractivity contribution in [3.63, 3.8) is 0 Å². The molecule has 0 amide bonds. The second-order valence-corrected chi connectivity index (χ2v) is 2.65. The molecule has 0 radical (unpaired) electrons. The third-order valence-electron chi connectivity index (χ3n) is 1.73. The van der Waals surface area contributed by atoms with Gasteiger partial charge in [0.2, 0.25) is 0 Å². The highest BCUT2D eigenvalue weighted by Gasteiger charge is 2.38. The van der Waals surface area contributed by atoms with Gasteiger partial charge in [0.25, 0.3) is 0 Å². The molecular formula is C6H11NO4. The third-order valence-corrected chi connectivity index (χ3v) is 1.73. The third kappa shape index (κ3) is 1.91. The molecule has 0 bridgehead atoms. The Labute approximate surface area is 63.8 Å². The highest BCUT2D eigenvalue weighted by molar-refractivity contribution is 5.85. The van der Waals surface area contributed by atoms with Crippen molar-refractivity contribution in [2.45, 2.75) is 19.4 Å². The van der Waals surface area contributed by atoms with Gasteiger partial charge in [0.05, 0.1) is 5.92 Å². The van der Waals surface area contributed by atoms with Crippen LogP contribution in [0.1, 0.15) is 13.8 Å². The molecule has 2 atom stereocenters. The van der Waals surface area contributed by atoms with Crippen LogP contribution in [0.15, 0.2) is 0 Å². The molecule has 0 aliphatic rings. The molecule has 0 rings (SSSR count). The van der Waals surface area contributed by atoms with E-state index in [1.165, 1.54) is 13.8 Å². The van der Waals surface area contributed by atoms with Crippen LogP contribution >= 0.6 is 0 Å². The lowest BCUT2D eigenvalue weighted by Crippen LogP contribution is -2.53. The zero-order valence-corrected chi connectivity index (χ0v) is 6.37. The quantitative estimate of drug-likeness (QED) is 0.518. The summed E-state index contributed by atoms with van der Waals surface area (Å²) in [4.78, 5) is 20.7. The minimum absolute atomic E-state index is 1.10. The van der Waals surface area contributed by atoms with E-state index >= 15 is 0 Å². The minimum atomic E-state index is -1.70. The summed E-state index contributed by atoms with van der Waals surface area (Å²) in [6, 6.07) is 0. The van der Waals surface area contributed by atoms with Gasteiger partial charge in [-0.1, -0.05) is 0 Å². The first-order valence-corrected chi connectivity index (χ1v) is 3.05. The number of carboxylic acids is 2. The van der Waals surface area contributed by atoms with Crippen molar-refractivity contribution < 1.29 is 19.8 Å². The van der Waals surface area contributed by atoms with Crippen molar-refractivity contribution in [2.24, 2.45) is 11.7 Å². The Bertz CT molecular complexity index is 187. The molecule has 0 aromatic heterocycles. The maximum absolute atomic E-state index is 10.4. The highest BCUT2D eigenvalue weighted by atomic mass is 16.4. The molecule has 0 unspecified atom stereocenters. The molecule has 0 aliphatic heterocycles. The van der Waals surface area contributed by atoms with E-state index in [9.17, 15) is 9.59 Å². The number of nitrogens with two attached hydrogens (primary N) is 1. The van der Waals surface area contributed by atoms with Crippen LogP contribution in [-0.4, -0.2) is 27.7 Å². The van der Waals surface area contributed by atoms with Gasteiger partial charge in [-0.2, -0.15) is 0 Å². The fourth-order valence-electron chi connectivity index (χ4n) is 0.442. The second kappa shape index (κ2) is 2.87. The summed E-state index contributed by atoms with van der Waals surface area (Å²) in [5, 5.41) is 16.9. The fraction of sp³-hybridized carbons (Fsp3) is 0.667. The molecule has 64 valence electrons. The molecule has 0 spiro atoms. The first kappa shape index (κ1) is 9.90. The molecule has 0 saturated heterocycles. The molecule has 5 nitrogen and oxygen atoms in total. The van der Waals surface area contributed by atoms with Gasteiger partial charge in [-0.15, -0.1) is 0 Å². The smallest absolute Gasteiger partial charge is 0.324 e. The van der Waals surface area contributed by atoms with Gasteiger partial charge in [-0.05, 0) is 13.8 Å². The molecule has 0 aromatic carbocycles. The molecule has 0 fully saturated rings. The SMILES string of the molecule is C[C@@H](C(=O)O)[C@](C)(N)C(=O)O. The summed E-state index contributed by atoms with van der Waals surface area (Å²) in [6.07, 6.45) is 0. The Morgan fingerprint density at radius 3 is 1.91 bits per heavy atom. The molecule has 4 N–H and O–H groups in total. The number of carboxylic acid groups (broad SMARTS) is 2. The van der Waals surface area contributed by atoms with E-state index in [2.05, 4.69) is 0 Å². The summed E-state index contributed by atoms with van der Waals surface area (Å²) in [5.41, 5.74) is 3.52. The Balaban J connectivity index is 4.55. The number of rotatable bonds is 3. The van der Waals surface area contributed by atoms with Crippen LogP contribution in [0, 0.1) is 5.92 Å². The zero-order valence-electron chi connectivity index (χ0n) is 6.37.